The van der Waals surface area contributed by atoms with Gasteiger partial charge in [0.05, 0.1) is 13.2 Å². The monoisotopic (exact) mass is 184 g/mol. The molecule has 1 rings (SSSR count). The van der Waals surface area contributed by atoms with Crippen LogP contribution in [0.1, 0.15) is 24.2 Å². The summed E-state index contributed by atoms with van der Waals surface area (Å²) in [6, 6.07) is 3.09. The molecule has 0 aliphatic rings. The Labute approximate surface area is 77.0 Å². The molecule has 0 aliphatic heterocycles. The number of aryl methyl sites for hydroxylation is 1. The molecule has 13 heavy (non-hydrogen) atoms. The minimum Gasteiger partial charge on any atom is -0.493 e. The number of hydrogen-bond donors (Lipinski definition) is 1. The van der Waals surface area contributed by atoms with Gasteiger partial charge in [-0.15, -0.1) is 0 Å². The Hall–Kier alpha value is -1.09. The number of halogens is 1. The zero-order valence-electron chi connectivity index (χ0n) is 7.97. The lowest BCUT2D eigenvalue weighted by atomic mass is 10.1. The minimum atomic E-state index is -0.718. The van der Waals surface area contributed by atoms with Crippen LogP contribution in [-0.4, -0.2) is 12.2 Å². The van der Waals surface area contributed by atoms with E-state index in [1.165, 1.54) is 13.2 Å². The average molecular weight is 184 g/mol. The van der Waals surface area contributed by atoms with E-state index in [2.05, 4.69) is 0 Å². The Morgan fingerprint density at radius 2 is 2.08 bits per heavy atom. The van der Waals surface area contributed by atoms with E-state index < -0.39 is 11.9 Å². The van der Waals surface area contributed by atoms with Crippen molar-refractivity contribution in [3.8, 4) is 5.75 Å². The van der Waals surface area contributed by atoms with Gasteiger partial charge in [0.2, 0.25) is 0 Å². The van der Waals surface area contributed by atoms with Gasteiger partial charge in [0.1, 0.15) is 0 Å². The van der Waals surface area contributed by atoms with Crippen LogP contribution in [0.5, 0.6) is 5.75 Å². The van der Waals surface area contributed by atoms with Crippen molar-refractivity contribution in [3.63, 3.8) is 0 Å². The molecule has 72 valence electrons. The summed E-state index contributed by atoms with van der Waals surface area (Å²) in [6.07, 6.45) is -0.718. The van der Waals surface area contributed by atoms with Gasteiger partial charge in [0.25, 0.3) is 0 Å². The van der Waals surface area contributed by atoms with Crippen molar-refractivity contribution < 1.29 is 14.2 Å². The topological polar surface area (TPSA) is 29.5 Å². The number of aliphatic hydroxyl groups is 1. The summed E-state index contributed by atoms with van der Waals surface area (Å²) >= 11 is 0. The number of ether oxygens (including phenoxy) is 1. The van der Waals surface area contributed by atoms with Crippen LogP contribution < -0.4 is 4.74 Å². The maximum Gasteiger partial charge on any atom is 0.165 e. The normalized spacial score (nSPS) is 12.7. The maximum absolute atomic E-state index is 13.2. The minimum absolute atomic E-state index is 0.126. The summed E-state index contributed by atoms with van der Waals surface area (Å²) in [5.41, 5.74) is 1.26. The molecular weight excluding hydrogens is 171 g/mol. The van der Waals surface area contributed by atoms with Gasteiger partial charge in [0, 0.05) is 5.56 Å². The molecule has 0 spiro atoms. The first kappa shape index (κ1) is 9.99. The molecule has 0 fully saturated rings. The predicted octanol–water partition coefficient (Wildman–Crippen LogP) is 2.20. The summed E-state index contributed by atoms with van der Waals surface area (Å²) in [5.74, 6) is -0.306. The Kier molecular flexibility index (Phi) is 2.88. The van der Waals surface area contributed by atoms with Gasteiger partial charge < -0.3 is 9.84 Å². The second kappa shape index (κ2) is 3.75. The lowest BCUT2D eigenvalue weighted by Gasteiger charge is -2.12. The van der Waals surface area contributed by atoms with Gasteiger partial charge in [-0.25, -0.2) is 4.39 Å². The van der Waals surface area contributed by atoms with Gasteiger partial charge in [-0.2, -0.15) is 0 Å². The molecule has 0 aliphatic carbocycles. The fourth-order valence-electron chi connectivity index (χ4n) is 1.28. The molecule has 1 N–H and O–H groups in total. The van der Waals surface area contributed by atoms with Crippen molar-refractivity contribution in [3.05, 3.63) is 29.1 Å². The number of benzene rings is 1. The summed E-state index contributed by atoms with van der Waals surface area (Å²) < 4.78 is 18.1. The molecule has 3 heteroatoms. The summed E-state index contributed by atoms with van der Waals surface area (Å²) in [5, 5.41) is 9.34. The van der Waals surface area contributed by atoms with Gasteiger partial charge in [-0.1, -0.05) is 0 Å². The van der Waals surface area contributed by atoms with Crippen LogP contribution >= 0.6 is 0 Å². The molecule has 0 saturated carbocycles. The van der Waals surface area contributed by atoms with E-state index in [4.69, 9.17) is 4.74 Å². The second-order valence-corrected chi connectivity index (χ2v) is 3.05. The fraction of sp³-hybridized carbons (Fsp3) is 0.400. The molecular formula is C10H13FO2. The Morgan fingerprint density at radius 3 is 2.54 bits per heavy atom. The van der Waals surface area contributed by atoms with E-state index in [0.717, 1.165) is 5.56 Å². The first-order valence-electron chi connectivity index (χ1n) is 4.08. The zero-order valence-corrected chi connectivity index (χ0v) is 7.97. The summed E-state index contributed by atoms with van der Waals surface area (Å²) in [7, 11) is 1.39. The van der Waals surface area contributed by atoms with Crippen LogP contribution in [0, 0.1) is 12.7 Å². The molecule has 0 aromatic heterocycles. The van der Waals surface area contributed by atoms with Crippen LogP contribution in [0.2, 0.25) is 0 Å². The third-order valence-corrected chi connectivity index (χ3v) is 1.87. The highest BCUT2D eigenvalue weighted by molar-refractivity contribution is 5.39. The molecule has 1 aromatic rings. The Bertz CT molecular complexity index is 308. The van der Waals surface area contributed by atoms with Crippen molar-refractivity contribution in [1.82, 2.24) is 0 Å². The average Bonchev–Trinajstić information content (AvgIpc) is 2.02. The van der Waals surface area contributed by atoms with Crippen LogP contribution in [0.15, 0.2) is 12.1 Å². The summed E-state index contributed by atoms with van der Waals surface area (Å²) in [6.45, 7) is 3.35. The van der Waals surface area contributed by atoms with Gasteiger partial charge in [-0.3, -0.25) is 0 Å². The van der Waals surface area contributed by atoms with E-state index in [0.29, 0.717) is 5.56 Å². The highest BCUT2D eigenvalue weighted by atomic mass is 19.1. The van der Waals surface area contributed by atoms with Gasteiger partial charge in [-0.05, 0) is 31.5 Å². The summed E-state index contributed by atoms with van der Waals surface area (Å²) in [4.78, 5) is 0. The third-order valence-electron chi connectivity index (χ3n) is 1.87. The van der Waals surface area contributed by atoms with Crippen LogP contribution in [0.3, 0.4) is 0 Å². The standard InChI is InChI=1S/C10H13FO2/c1-6-4-8(7(2)12)10(13-3)9(11)5-6/h4-5,7,12H,1-3H3. The van der Waals surface area contributed by atoms with E-state index in [1.54, 1.807) is 19.9 Å². The lowest BCUT2D eigenvalue weighted by Crippen LogP contribution is -1.99. The molecule has 2 nitrogen and oxygen atoms in total. The Morgan fingerprint density at radius 1 is 1.46 bits per heavy atom. The number of aliphatic hydroxyl groups excluding tert-OH is 1. The molecule has 0 heterocycles. The number of rotatable bonds is 2. The van der Waals surface area contributed by atoms with E-state index in [-0.39, 0.29) is 5.75 Å². The van der Waals surface area contributed by atoms with Gasteiger partial charge >= 0.3 is 0 Å². The van der Waals surface area contributed by atoms with Crippen molar-refractivity contribution in [2.45, 2.75) is 20.0 Å². The van der Waals surface area contributed by atoms with Crippen molar-refractivity contribution in [2.24, 2.45) is 0 Å². The van der Waals surface area contributed by atoms with Crippen molar-refractivity contribution in [2.75, 3.05) is 7.11 Å². The highest BCUT2D eigenvalue weighted by Gasteiger charge is 2.13. The number of methoxy groups -OCH3 is 1. The number of hydrogen-bond acceptors (Lipinski definition) is 2. The largest absolute Gasteiger partial charge is 0.493 e. The first-order chi connectivity index (χ1) is 6.06. The molecule has 1 aromatic carbocycles. The molecule has 0 amide bonds. The second-order valence-electron chi connectivity index (χ2n) is 3.05. The molecule has 0 bridgehead atoms. The fourth-order valence-corrected chi connectivity index (χ4v) is 1.28. The van der Waals surface area contributed by atoms with E-state index in [9.17, 15) is 9.50 Å². The van der Waals surface area contributed by atoms with Crippen LogP contribution in [0.25, 0.3) is 0 Å². The van der Waals surface area contributed by atoms with Crippen LogP contribution in [-0.2, 0) is 0 Å². The quantitative estimate of drug-likeness (QED) is 0.763. The van der Waals surface area contributed by atoms with Crippen molar-refractivity contribution >= 4 is 0 Å². The predicted molar refractivity (Wildman–Crippen MR) is 48.3 cm³/mol. The Balaban J connectivity index is 3.29. The van der Waals surface area contributed by atoms with Crippen molar-refractivity contribution in [1.29, 1.82) is 0 Å². The molecule has 0 radical (unpaired) electrons. The molecule has 0 saturated heterocycles. The maximum atomic E-state index is 13.2. The highest BCUT2D eigenvalue weighted by Crippen LogP contribution is 2.28. The molecule has 1 unspecified atom stereocenters. The zero-order chi connectivity index (χ0) is 10.0. The first-order valence-corrected chi connectivity index (χ1v) is 4.08. The smallest absolute Gasteiger partial charge is 0.165 e. The lowest BCUT2D eigenvalue weighted by molar-refractivity contribution is 0.193. The van der Waals surface area contributed by atoms with Gasteiger partial charge in [0.15, 0.2) is 11.6 Å². The van der Waals surface area contributed by atoms with Crippen LogP contribution in [0.4, 0.5) is 4.39 Å². The third kappa shape index (κ3) is 1.98. The van der Waals surface area contributed by atoms with E-state index >= 15 is 0 Å². The SMILES string of the molecule is COc1c(F)cc(C)cc1C(C)O. The molecule has 1 atom stereocenters. The van der Waals surface area contributed by atoms with E-state index in [1.807, 2.05) is 0 Å².